The number of carbonyl (C=O) groups excluding carboxylic acids is 2. The molecule has 0 unspecified atom stereocenters. The largest absolute Gasteiger partial charge is 0.310 e. The third kappa shape index (κ3) is 3.69. The quantitative estimate of drug-likeness (QED) is 0.635. The molecule has 1 N–H and O–H groups in total. The predicted octanol–water partition coefficient (Wildman–Crippen LogP) is 3.75. The lowest BCUT2D eigenvalue weighted by molar-refractivity contribution is -0.116. The molecule has 0 saturated carbocycles. The van der Waals surface area contributed by atoms with E-state index in [2.05, 4.69) is 10.4 Å². The minimum absolute atomic E-state index is 0.0649. The maximum absolute atomic E-state index is 13.6. The van der Waals surface area contributed by atoms with E-state index in [1.165, 1.54) is 8.99 Å². The number of sulfonamides is 1. The SMILES string of the molecule is CCN(c1ccccc1)S(=O)(=O)c1cc(-c2c(C)nn3c2NC(=O)CCC3=O)ccc1C. The van der Waals surface area contributed by atoms with Gasteiger partial charge in [-0.1, -0.05) is 30.3 Å². The number of benzene rings is 2. The normalized spacial score (nSPS) is 14.0. The lowest BCUT2D eigenvalue weighted by Gasteiger charge is -2.24. The summed E-state index contributed by atoms with van der Waals surface area (Å²) in [7, 11) is -3.86. The third-order valence-corrected chi connectivity index (χ3v) is 7.54. The molecule has 1 aliphatic rings. The molecule has 1 aromatic heterocycles. The van der Waals surface area contributed by atoms with Crippen LogP contribution in [0, 0.1) is 13.8 Å². The number of nitrogens with one attached hydrogen (secondary N) is 1. The van der Waals surface area contributed by atoms with E-state index < -0.39 is 10.0 Å². The Kier molecular flexibility index (Phi) is 5.60. The van der Waals surface area contributed by atoms with Crippen molar-refractivity contribution in [3.8, 4) is 11.1 Å². The van der Waals surface area contributed by atoms with Crippen molar-refractivity contribution in [2.24, 2.45) is 0 Å². The molecule has 9 heteroatoms. The van der Waals surface area contributed by atoms with E-state index in [-0.39, 0.29) is 41.9 Å². The zero-order chi connectivity index (χ0) is 23.0. The first-order valence-corrected chi connectivity index (χ1v) is 11.8. The Morgan fingerprint density at radius 2 is 1.78 bits per heavy atom. The first-order chi connectivity index (χ1) is 15.2. The molecular weight excluding hydrogens is 428 g/mol. The molecule has 0 bridgehead atoms. The van der Waals surface area contributed by atoms with Crippen LogP contribution in [0.2, 0.25) is 0 Å². The highest BCUT2D eigenvalue weighted by atomic mass is 32.2. The topological polar surface area (TPSA) is 101 Å². The Balaban J connectivity index is 1.86. The summed E-state index contributed by atoms with van der Waals surface area (Å²) in [6, 6.07) is 14.0. The van der Waals surface area contributed by atoms with Crippen LogP contribution in [0.15, 0.2) is 53.4 Å². The molecule has 2 heterocycles. The van der Waals surface area contributed by atoms with Gasteiger partial charge in [-0.15, -0.1) is 0 Å². The van der Waals surface area contributed by atoms with Gasteiger partial charge in [0.2, 0.25) is 11.8 Å². The second-order valence-corrected chi connectivity index (χ2v) is 9.48. The minimum Gasteiger partial charge on any atom is -0.310 e. The molecule has 0 fully saturated rings. The van der Waals surface area contributed by atoms with Gasteiger partial charge in [-0.2, -0.15) is 9.78 Å². The molecule has 1 amide bonds. The van der Waals surface area contributed by atoms with E-state index in [4.69, 9.17) is 0 Å². The van der Waals surface area contributed by atoms with Crippen LogP contribution in [-0.2, 0) is 14.8 Å². The highest BCUT2D eigenvalue weighted by molar-refractivity contribution is 7.92. The number of nitrogens with zero attached hydrogens (tertiary/aromatic N) is 3. The van der Waals surface area contributed by atoms with E-state index in [9.17, 15) is 18.0 Å². The van der Waals surface area contributed by atoms with Crippen LogP contribution in [0.1, 0.15) is 35.8 Å². The monoisotopic (exact) mass is 452 g/mol. The Labute approximate surface area is 186 Å². The van der Waals surface area contributed by atoms with Gasteiger partial charge in [0.15, 0.2) is 0 Å². The molecule has 2 aromatic carbocycles. The maximum atomic E-state index is 13.6. The fourth-order valence-corrected chi connectivity index (χ4v) is 5.65. The number of carbonyl (C=O) groups is 2. The molecule has 0 spiro atoms. The van der Waals surface area contributed by atoms with Gasteiger partial charge in [-0.3, -0.25) is 13.9 Å². The molecule has 4 rings (SSSR count). The lowest BCUT2D eigenvalue weighted by Crippen LogP contribution is -2.31. The molecule has 0 atom stereocenters. The molecule has 8 nitrogen and oxygen atoms in total. The van der Waals surface area contributed by atoms with Gasteiger partial charge in [0.05, 0.1) is 16.3 Å². The summed E-state index contributed by atoms with van der Waals surface area (Å²) < 4.78 is 29.8. The van der Waals surface area contributed by atoms with Crippen LogP contribution < -0.4 is 9.62 Å². The summed E-state index contributed by atoms with van der Waals surface area (Å²) in [5.41, 5.74) is 2.80. The second-order valence-electron chi connectivity index (χ2n) is 7.65. The van der Waals surface area contributed by atoms with Crippen molar-refractivity contribution in [2.75, 3.05) is 16.2 Å². The Morgan fingerprint density at radius 3 is 2.47 bits per heavy atom. The fraction of sp³-hybridized carbons (Fsp3) is 0.261. The van der Waals surface area contributed by atoms with Crippen molar-refractivity contribution in [3.63, 3.8) is 0 Å². The van der Waals surface area contributed by atoms with Crippen molar-refractivity contribution >= 4 is 33.3 Å². The average molecular weight is 453 g/mol. The van der Waals surface area contributed by atoms with Gasteiger partial charge < -0.3 is 5.32 Å². The number of hydrogen-bond donors (Lipinski definition) is 1. The van der Waals surface area contributed by atoms with Crippen LogP contribution >= 0.6 is 0 Å². The van der Waals surface area contributed by atoms with Gasteiger partial charge in [0, 0.05) is 24.9 Å². The van der Waals surface area contributed by atoms with Crippen molar-refractivity contribution in [3.05, 3.63) is 59.8 Å². The summed E-state index contributed by atoms with van der Waals surface area (Å²) in [5.74, 6) is -0.286. The number of hydrogen-bond acceptors (Lipinski definition) is 5. The molecule has 166 valence electrons. The van der Waals surface area contributed by atoms with Crippen molar-refractivity contribution < 1.29 is 18.0 Å². The number of para-hydroxylation sites is 1. The molecule has 1 aliphatic heterocycles. The Hall–Kier alpha value is -3.46. The van der Waals surface area contributed by atoms with E-state index >= 15 is 0 Å². The van der Waals surface area contributed by atoms with Gasteiger partial charge in [0.1, 0.15) is 5.82 Å². The Morgan fingerprint density at radius 1 is 1.06 bits per heavy atom. The van der Waals surface area contributed by atoms with Gasteiger partial charge >= 0.3 is 0 Å². The van der Waals surface area contributed by atoms with Crippen molar-refractivity contribution in [1.82, 2.24) is 9.78 Å². The number of anilines is 2. The predicted molar refractivity (Wildman–Crippen MR) is 122 cm³/mol. The summed E-state index contributed by atoms with van der Waals surface area (Å²) in [6.45, 7) is 5.52. The van der Waals surface area contributed by atoms with E-state index in [0.717, 1.165) is 0 Å². The minimum atomic E-state index is -3.86. The average Bonchev–Trinajstić information content (AvgIpc) is 3.02. The third-order valence-electron chi connectivity index (χ3n) is 5.50. The second kappa shape index (κ2) is 8.23. The van der Waals surface area contributed by atoms with Gasteiger partial charge in [-0.25, -0.2) is 8.42 Å². The van der Waals surface area contributed by atoms with Crippen LogP contribution in [0.25, 0.3) is 11.1 Å². The molecule has 0 radical (unpaired) electrons. The summed E-state index contributed by atoms with van der Waals surface area (Å²) >= 11 is 0. The molecule has 32 heavy (non-hydrogen) atoms. The van der Waals surface area contributed by atoms with Crippen LogP contribution in [0.5, 0.6) is 0 Å². The van der Waals surface area contributed by atoms with Crippen LogP contribution in [0.4, 0.5) is 11.5 Å². The number of rotatable bonds is 5. The van der Waals surface area contributed by atoms with E-state index in [1.54, 1.807) is 63.2 Å². The number of aryl methyl sites for hydroxylation is 2. The zero-order valence-electron chi connectivity index (χ0n) is 18.1. The number of fused-ring (bicyclic) bond motifs is 1. The molecule has 3 aromatic rings. The lowest BCUT2D eigenvalue weighted by atomic mass is 10.0. The fourth-order valence-electron chi connectivity index (χ4n) is 3.93. The number of aromatic nitrogens is 2. The Bertz CT molecular complexity index is 1310. The summed E-state index contributed by atoms with van der Waals surface area (Å²) in [6.07, 6.45) is 0.145. The first-order valence-electron chi connectivity index (χ1n) is 10.4. The first kappa shape index (κ1) is 21.8. The van der Waals surface area contributed by atoms with E-state index in [1.807, 2.05) is 6.07 Å². The molecular formula is C23H24N4O4S. The van der Waals surface area contributed by atoms with Gasteiger partial charge in [0.25, 0.3) is 10.0 Å². The summed E-state index contributed by atoms with van der Waals surface area (Å²) in [4.78, 5) is 24.7. The van der Waals surface area contributed by atoms with E-state index in [0.29, 0.717) is 28.1 Å². The highest BCUT2D eigenvalue weighted by Gasteiger charge is 2.29. The van der Waals surface area contributed by atoms with Crippen LogP contribution in [0.3, 0.4) is 0 Å². The molecule has 0 aliphatic carbocycles. The highest BCUT2D eigenvalue weighted by Crippen LogP contribution is 2.36. The zero-order valence-corrected chi connectivity index (χ0v) is 18.9. The summed E-state index contributed by atoms with van der Waals surface area (Å²) in [5, 5.41) is 7.06. The maximum Gasteiger partial charge on any atom is 0.264 e. The smallest absolute Gasteiger partial charge is 0.264 e. The number of amides is 1. The standard InChI is InChI=1S/C23H24N4O4S/c1-4-26(18-8-6-5-7-9-18)32(30,31)19-14-17(11-10-15(19)2)22-16(3)25-27-21(29)13-12-20(28)24-23(22)27/h5-11,14H,4,12-13H2,1-3H3,(H,24,28). The van der Waals surface area contributed by atoms with Crippen molar-refractivity contribution in [2.45, 2.75) is 38.5 Å². The van der Waals surface area contributed by atoms with Gasteiger partial charge in [-0.05, 0) is 50.1 Å². The van der Waals surface area contributed by atoms with Crippen LogP contribution in [-0.4, -0.2) is 36.6 Å². The van der Waals surface area contributed by atoms with Crippen molar-refractivity contribution in [1.29, 1.82) is 0 Å². The molecule has 0 saturated heterocycles.